The van der Waals surface area contributed by atoms with E-state index in [-0.39, 0.29) is 5.56 Å². The van der Waals surface area contributed by atoms with Gasteiger partial charge in [-0.3, -0.25) is 9.78 Å². The van der Waals surface area contributed by atoms with E-state index in [9.17, 15) is 13.2 Å². The molecule has 0 aliphatic heterocycles. The summed E-state index contributed by atoms with van der Waals surface area (Å²) in [4.78, 5) is 17.2. The number of carbonyl (C=O) groups excluding carboxylic acids is 1. The second-order valence-electron chi connectivity index (χ2n) is 6.69. The zero-order valence-electron chi connectivity index (χ0n) is 17.1. The zero-order valence-corrected chi connectivity index (χ0v) is 18.7. The van der Waals surface area contributed by atoms with Crippen LogP contribution in [0.25, 0.3) is 12.2 Å². The van der Waals surface area contributed by atoms with Crippen molar-refractivity contribution in [2.24, 2.45) is 0 Å². The number of aromatic nitrogens is 1. The summed E-state index contributed by atoms with van der Waals surface area (Å²) in [5.74, 6) is 0.0388. The van der Waals surface area contributed by atoms with Crippen molar-refractivity contribution in [3.63, 3.8) is 0 Å². The Morgan fingerprint density at radius 2 is 1.87 bits per heavy atom. The van der Waals surface area contributed by atoms with Crippen LogP contribution in [-0.2, 0) is 16.6 Å². The Balaban J connectivity index is 1.76. The van der Waals surface area contributed by atoms with Gasteiger partial charge in [0.2, 0.25) is 10.0 Å². The number of benzene rings is 2. The Bertz CT molecular complexity index is 1180. The third-order valence-corrected chi connectivity index (χ3v) is 5.50. The Morgan fingerprint density at radius 1 is 1.10 bits per heavy atom. The Hall–Kier alpha value is -3.10. The van der Waals surface area contributed by atoms with Gasteiger partial charge in [0, 0.05) is 16.7 Å². The molecule has 0 bridgehead atoms. The number of hydrogen-bond acceptors (Lipinski definition) is 6. The number of amides is 1. The summed E-state index contributed by atoms with van der Waals surface area (Å²) in [6.07, 6.45) is 7.99. The summed E-state index contributed by atoms with van der Waals surface area (Å²) < 4.78 is 30.3. The maximum atomic E-state index is 11.9. The Kier molecular flexibility index (Phi) is 7.49. The lowest BCUT2D eigenvalue weighted by Crippen LogP contribution is -2.29. The smallest absolute Gasteiger partial charge is 0.266 e. The van der Waals surface area contributed by atoms with E-state index in [2.05, 4.69) is 4.98 Å². The van der Waals surface area contributed by atoms with E-state index in [1.807, 2.05) is 71.7 Å². The van der Waals surface area contributed by atoms with Gasteiger partial charge in [-0.05, 0) is 54.3 Å². The van der Waals surface area contributed by atoms with Gasteiger partial charge in [-0.15, -0.1) is 11.8 Å². The van der Waals surface area contributed by atoms with Gasteiger partial charge in [-0.1, -0.05) is 30.3 Å². The first-order chi connectivity index (χ1) is 14.8. The fourth-order valence-corrected chi connectivity index (χ4v) is 3.59. The summed E-state index contributed by atoms with van der Waals surface area (Å²) in [6.45, 7) is 0.461. The highest BCUT2D eigenvalue weighted by molar-refractivity contribution is 7.98. The van der Waals surface area contributed by atoms with Crippen LogP contribution in [0.1, 0.15) is 27.2 Å². The SMILES string of the molecule is CSc1ccc(OCc2ccccc2)c(/C=C/c2ccc(C(=O)NS(C)(=O)=O)cn2)c1. The van der Waals surface area contributed by atoms with Crippen molar-refractivity contribution in [2.75, 3.05) is 12.5 Å². The van der Waals surface area contributed by atoms with Crippen LogP contribution in [0, 0.1) is 0 Å². The molecule has 0 aliphatic rings. The van der Waals surface area contributed by atoms with E-state index >= 15 is 0 Å². The summed E-state index contributed by atoms with van der Waals surface area (Å²) >= 11 is 1.64. The lowest BCUT2D eigenvalue weighted by atomic mass is 10.1. The van der Waals surface area contributed by atoms with E-state index in [0.29, 0.717) is 12.3 Å². The average Bonchev–Trinajstić information content (AvgIpc) is 2.76. The van der Waals surface area contributed by atoms with Crippen LogP contribution in [0.4, 0.5) is 0 Å². The van der Waals surface area contributed by atoms with Gasteiger partial charge in [-0.25, -0.2) is 13.1 Å². The molecule has 0 spiro atoms. The molecule has 1 N–H and O–H groups in total. The summed E-state index contributed by atoms with van der Waals surface area (Å²) in [5.41, 5.74) is 2.78. The molecular formula is C23H22N2O4S2. The molecule has 0 saturated carbocycles. The van der Waals surface area contributed by atoms with Crippen LogP contribution in [0.5, 0.6) is 5.75 Å². The van der Waals surface area contributed by atoms with Gasteiger partial charge in [0.05, 0.1) is 17.5 Å². The van der Waals surface area contributed by atoms with Crippen LogP contribution < -0.4 is 9.46 Å². The van der Waals surface area contributed by atoms with Crippen molar-refractivity contribution in [3.05, 3.63) is 89.2 Å². The van der Waals surface area contributed by atoms with Crippen molar-refractivity contribution in [1.82, 2.24) is 9.71 Å². The number of nitrogens with one attached hydrogen (secondary N) is 1. The minimum Gasteiger partial charge on any atom is -0.488 e. The molecule has 0 fully saturated rings. The first-order valence-corrected chi connectivity index (χ1v) is 12.5. The second-order valence-corrected chi connectivity index (χ2v) is 9.31. The molecule has 160 valence electrons. The molecular weight excluding hydrogens is 432 g/mol. The highest BCUT2D eigenvalue weighted by Gasteiger charge is 2.11. The van der Waals surface area contributed by atoms with E-state index in [1.165, 1.54) is 12.3 Å². The number of sulfonamides is 1. The van der Waals surface area contributed by atoms with Gasteiger partial charge in [0.25, 0.3) is 5.91 Å². The fraction of sp³-hybridized carbons (Fsp3) is 0.130. The molecule has 8 heteroatoms. The number of carbonyl (C=O) groups is 1. The summed E-state index contributed by atoms with van der Waals surface area (Å²) in [6, 6.07) is 19.1. The Labute approximate surface area is 186 Å². The number of thioether (sulfide) groups is 1. The van der Waals surface area contributed by atoms with Gasteiger partial charge in [0.1, 0.15) is 12.4 Å². The quantitative estimate of drug-likeness (QED) is 0.513. The predicted octanol–water partition coefficient (Wildman–Crippen LogP) is 4.24. The standard InChI is InChI=1S/C23H22N2O4S2/c1-30-21-12-13-22(29-16-17-6-4-3-5-7-17)18(14-21)8-10-20-11-9-19(15-24-20)23(26)25-31(2,27)28/h3-15H,16H2,1-2H3,(H,25,26)/b10-8+. The number of ether oxygens (including phenoxy) is 1. The molecule has 3 rings (SSSR count). The molecule has 1 aromatic heterocycles. The van der Waals surface area contributed by atoms with Crippen molar-refractivity contribution in [3.8, 4) is 5.75 Å². The van der Waals surface area contributed by atoms with Crippen LogP contribution in [-0.4, -0.2) is 31.8 Å². The number of rotatable bonds is 8. The first kappa shape index (κ1) is 22.6. The zero-order chi connectivity index (χ0) is 22.3. The number of nitrogens with zero attached hydrogens (tertiary/aromatic N) is 1. The lowest BCUT2D eigenvalue weighted by Gasteiger charge is -2.11. The van der Waals surface area contributed by atoms with Crippen LogP contribution >= 0.6 is 11.8 Å². The molecule has 0 aliphatic carbocycles. The Morgan fingerprint density at radius 3 is 2.52 bits per heavy atom. The van der Waals surface area contributed by atoms with Gasteiger partial charge >= 0.3 is 0 Å². The molecule has 1 amide bonds. The maximum absolute atomic E-state index is 11.9. The lowest BCUT2D eigenvalue weighted by molar-refractivity contribution is 0.0981. The minimum atomic E-state index is -3.62. The molecule has 0 radical (unpaired) electrons. The predicted molar refractivity (Wildman–Crippen MR) is 124 cm³/mol. The van der Waals surface area contributed by atoms with Crippen molar-refractivity contribution in [2.45, 2.75) is 11.5 Å². The average molecular weight is 455 g/mol. The monoisotopic (exact) mass is 454 g/mol. The topological polar surface area (TPSA) is 85.4 Å². The molecule has 31 heavy (non-hydrogen) atoms. The highest BCUT2D eigenvalue weighted by atomic mass is 32.2. The van der Waals surface area contributed by atoms with Gasteiger partial charge < -0.3 is 4.74 Å². The minimum absolute atomic E-state index is 0.166. The van der Waals surface area contributed by atoms with Crippen molar-refractivity contribution >= 4 is 39.8 Å². The maximum Gasteiger partial charge on any atom is 0.266 e. The largest absolute Gasteiger partial charge is 0.488 e. The van der Waals surface area contributed by atoms with Crippen LogP contribution in [0.15, 0.2) is 71.8 Å². The molecule has 0 unspecified atom stereocenters. The van der Waals surface area contributed by atoms with E-state index in [0.717, 1.165) is 28.0 Å². The molecule has 0 saturated heterocycles. The van der Waals surface area contributed by atoms with E-state index < -0.39 is 15.9 Å². The molecule has 2 aromatic carbocycles. The van der Waals surface area contributed by atoms with Crippen molar-refractivity contribution in [1.29, 1.82) is 0 Å². The number of pyridine rings is 1. The summed E-state index contributed by atoms with van der Waals surface area (Å²) in [5, 5.41) is 0. The molecule has 0 atom stereocenters. The fourth-order valence-electron chi connectivity index (χ4n) is 2.69. The van der Waals surface area contributed by atoms with Gasteiger partial charge in [-0.2, -0.15) is 0 Å². The van der Waals surface area contributed by atoms with E-state index in [1.54, 1.807) is 17.8 Å². The van der Waals surface area contributed by atoms with Crippen LogP contribution in [0.3, 0.4) is 0 Å². The third-order valence-electron chi connectivity index (χ3n) is 4.21. The van der Waals surface area contributed by atoms with Gasteiger partial charge in [0.15, 0.2) is 0 Å². The molecule has 3 aromatic rings. The van der Waals surface area contributed by atoms with Crippen molar-refractivity contribution < 1.29 is 17.9 Å². The highest BCUT2D eigenvalue weighted by Crippen LogP contribution is 2.27. The second kappa shape index (κ2) is 10.3. The first-order valence-electron chi connectivity index (χ1n) is 9.35. The van der Waals surface area contributed by atoms with E-state index in [4.69, 9.17) is 4.74 Å². The van der Waals surface area contributed by atoms with Crippen LogP contribution in [0.2, 0.25) is 0 Å². The third kappa shape index (κ3) is 6.97. The normalized spacial score (nSPS) is 11.4. The number of hydrogen-bond donors (Lipinski definition) is 1. The molecule has 6 nitrogen and oxygen atoms in total. The molecule has 1 heterocycles. The summed E-state index contributed by atoms with van der Waals surface area (Å²) in [7, 11) is -3.62.